The summed E-state index contributed by atoms with van der Waals surface area (Å²) in [6.45, 7) is 0.601. The second kappa shape index (κ2) is 5.21. The lowest BCUT2D eigenvalue weighted by molar-refractivity contribution is 0.0956. The maximum atomic E-state index is 12.2. The van der Waals surface area contributed by atoms with Gasteiger partial charge in [-0.2, -0.15) is 5.10 Å². The van der Waals surface area contributed by atoms with Crippen LogP contribution in [-0.4, -0.2) is 27.2 Å². The maximum absolute atomic E-state index is 12.2. The van der Waals surface area contributed by atoms with Gasteiger partial charge in [0.2, 0.25) is 0 Å². The summed E-state index contributed by atoms with van der Waals surface area (Å²) in [5.74, 6) is -0.0497. The Morgan fingerprint density at radius 3 is 3.05 bits per heavy atom. The molecular weight excluding hydrogens is 252 g/mol. The van der Waals surface area contributed by atoms with Crippen molar-refractivity contribution in [2.24, 2.45) is 7.05 Å². The van der Waals surface area contributed by atoms with Crippen LogP contribution in [0.25, 0.3) is 10.9 Å². The minimum absolute atomic E-state index is 0.0497. The number of benzene rings is 1. The smallest absolute Gasteiger partial charge is 0.253 e. The molecule has 102 valence electrons. The van der Waals surface area contributed by atoms with Gasteiger partial charge < -0.3 is 10.3 Å². The molecule has 1 amide bonds. The lowest BCUT2D eigenvalue weighted by atomic mass is 10.1. The molecule has 3 rings (SSSR count). The van der Waals surface area contributed by atoms with E-state index in [1.54, 1.807) is 10.9 Å². The number of para-hydroxylation sites is 1. The van der Waals surface area contributed by atoms with Crippen LogP contribution >= 0.6 is 0 Å². The Hall–Kier alpha value is -2.56. The number of rotatable bonds is 4. The predicted molar refractivity (Wildman–Crippen MR) is 77.5 cm³/mol. The predicted octanol–water partition coefficient (Wildman–Crippen LogP) is 1.87. The molecule has 0 saturated carbocycles. The number of carbonyl (C=O) groups is 1. The average Bonchev–Trinajstić information content (AvgIpc) is 3.05. The molecule has 20 heavy (non-hydrogen) atoms. The molecule has 0 fully saturated rings. The Balaban J connectivity index is 1.64. The standard InChI is InChI=1S/C15H16N4O/c1-19-10-11(8-18-19)6-7-16-15(20)13-9-17-14-5-3-2-4-12(13)14/h2-5,8-10,17H,6-7H2,1H3,(H,16,20). The molecule has 0 saturated heterocycles. The van der Waals surface area contributed by atoms with Gasteiger partial charge in [0, 0.05) is 36.9 Å². The first-order chi connectivity index (χ1) is 9.74. The van der Waals surface area contributed by atoms with Gasteiger partial charge in [0.15, 0.2) is 0 Å². The van der Waals surface area contributed by atoms with Gasteiger partial charge in [0.1, 0.15) is 0 Å². The van der Waals surface area contributed by atoms with Gasteiger partial charge in [0.25, 0.3) is 5.91 Å². The van der Waals surface area contributed by atoms with Crippen LogP contribution in [0, 0.1) is 0 Å². The van der Waals surface area contributed by atoms with E-state index >= 15 is 0 Å². The Morgan fingerprint density at radius 2 is 2.25 bits per heavy atom. The zero-order valence-electron chi connectivity index (χ0n) is 11.3. The van der Waals surface area contributed by atoms with Crippen LogP contribution in [0.5, 0.6) is 0 Å². The first kappa shape index (κ1) is 12.5. The first-order valence-corrected chi connectivity index (χ1v) is 6.56. The van der Waals surface area contributed by atoms with E-state index in [9.17, 15) is 4.79 Å². The highest BCUT2D eigenvalue weighted by Gasteiger charge is 2.10. The quantitative estimate of drug-likeness (QED) is 0.759. The van der Waals surface area contributed by atoms with E-state index < -0.39 is 0 Å². The number of H-pyrrole nitrogens is 1. The largest absolute Gasteiger partial charge is 0.360 e. The molecule has 0 aliphatic heterocycles. The number of nitrogens with one attached hydrogen (secondary N) is 2. The van der Waals surface area contributed by atoms with Crippen molar-refractivity contribution in [3.8, 4) is 0 Å². The van der Waals surface area contributed by atoms with E-state index in [1.807, 2.05) is 43.7 Å². The highest BCUT2D eigenvalue weighted by Crippen LogP contribution is 2.17. The SMILES string of the molecule is Cn1cc(CCNC(=O)c2c[nH]c3ccccc23)cn1. The molecule has 0 aliphatic carbocycles. The van der Waals surface area contributed by atoms with E-state index in [1.165, 1.54) is 0 Å². The number of aromatic amines is 1. The minimum Gasteiger partial charge on any atom is -0.360 e. The van der Waals surface area contributed by atoms with E-state index in [0.29, 0.717) is 12.1 Å². The third-order valence-electron chi connectivity index (χ3n) is 3.29. The van der Waals surface area contributed by atoms with E-state index in [4.69, 9.17) is 0 Å². The van der Waals surface area contributed by atoms with Crippen LogP contribution in [0.15, 0.2) is 42.9 Å². The van der Waals surface area contributed by atoms with Crippen LogP contribution in [0.2, 0.25) is 0 Å². The molecule has 0 aliphatic rings. The number of aryl methyl sites for hydroxylation is 1. The normalized spacial score (nSPS) is 10.8. The van der Waals surface area contributed by atoms with Crippen molar-refractivity contribution in [2.75, 3.05) is 6.54 Å². The van der Waals surface area contributed by atoms with Gasteiger partial charge in [-0.1, -0.05) is 18.2 Å². The first-order valence-electron chi connectivity index (χ1n) is 6.56. The van der Waals surface area contributed by atoms with Gasteiger partial charge in [-0.3, -0.25) is 9.48 Å². The molecule has 0 bridgehead atoms. The zero-order valence-corrected chi connectivity index (χ0v) is 11.3. The van der Waals surface area contributed by atoms with Crippen molar-refractivity contribution in [1.29, 1.82) is 0 Å². The lowest BCUT2D eigenvalue weighted by Gasteiger charge is -2.03. The Morgan fingerprint density at radius 1 is 1.40 bits per heavy atom. The van der Waals surface area contributed by atoms with Gasteiger partial charge in [-0.05, 0) is 18.1 Å². The molecule has 0 atom stereocenters. The van der Waals surface area contributed by atoms with Gasteiger partial charge in [-0.15, -0.1) is 0 Å². The molecular formula is C15H16N4O. The van der Waals surface area contributed by atoms with Crippen LogP contribution in [0.4, 0.5) is 0 Å². The fraction of sp³-hybridized carbons (Fsp3) is 0.200. The third kappa shape index (κ3) is 2.42. The third-order valence-corrected chi connectivity index (χ3v) is 3.29. The van der Waals surface area contributed by atoms with Gasteiger partial charge in [0.05, 0.1) is 11.8 Å². The molecule has 2 aromatic heterocycles. The van der Waals surface area contributed by atoms with Crippen molar-refractivity contribution in [3.05, 3.63) is 54.0 Å². The monoisotopic (exact) mass is 268 g/mol. The van der Waals surface area contributed by atoms with Crippen molar-refractivity contribution >= 4 is 16.8 Å². The Labute approximate surface area is 116 Å². The van der Waals surface area contributed by atoms with Gasteiger partial charge >= 0.3 is 0 Å². The minimum atomic E-state index is -0.0497. The molecule has 0 spiro atoms. The molecule has 0 unspecified atom stereocenters. The summed E-state index contributed by atoms with van der Waals surface area (Å²) in [6, 6.07) is 7.79. The number of amides is 1. The average molecular weight is 268 g/mol. The summed E-state index contributed by atoms with van der Waals surface area (Å²) >= 11 is 0. The molecule has 2 N–H and O–H groups in total. The second-order valence-electron chi connectivity index (χ2n) is 4.78. The molecule has 2 heterocycles. The Bertz CT molecular complexity index is 741. The summed E-state index contributed by atoms with van der Waals surface area (Å²) in [7, 11) is 1.88. The van der Waals surface area contributed by atoms with Crippen molar-refractivity contribution in [3.63, 3.8) is 0 Å². The number of hydrogen-bond acceptors (Lipinski definition) is 2. The second-order valence-corrected chi connectivity index (χ2v) is 4.78. The van der Waals surface area contributed by atoms with Crippen LogP contribution in [-0.2, 0) is 13.5 Å². The number of carbonyl (C=O) groups excluding carboxylic acids is 1. The van der Waals surface area contributed by atoms with Crippen LogP contribution in [0.1, 0.15) is 15.9 Å². The summed E-state index contributed by atoms with van der Waals surface area (Å²) in [5, 5.41) is 7.99. The molecule has 3 aromatic rings. The van der Waals surface area contributed by atoms with E-state index in [0.717, 1.165) is 22.9 Å². The fourth-order valence-electron chi connectivity index (χ4n) is 2.28. The summed E-state index contributed by atoms with van der Waals surface area (Å²) < 4.78 is 1.76. The van der Waals surface area contributed by atoms with Crippen LogP contribution in [0.3, 0.4) is 0 Å². The number of fused-ring (bicyclic) bond motifs is 1. The summed E-state index contributed by atoms with van der Waals surface area (Å²) in [4.78, 5) is 15.3. The number of hydrogen-bond donors (Lipinski definition) is 2. The topological polar surface area (TPSA) is 62.7 Å². The highest BCUT2D eigenvalue weighted by atomic mass is 16.1. The molecule has 0 radical (unpaired) electrons. The van der Waals surface area contributed by atoms with Crippen molar-refractivity contribution in [2.45, 2.75) is 6.42 Å². The fourth-order valence-corrected chi connectivity index (χ4v) is 2.28. The van der Waals surface area contributed by atoms with E-state index in [-0.39, 0.29) is 5.91 Å². The Kier molecular flexibility index (Phi) is 3.25. The van der Waals surface area contributed by atoms with E-state index in [2.05, 4.69) is 15.4 Å². The van der Waals surface area contributed by atoms with Crippen molar-refractivity contribution in [1.82, 2.24) is 20.1 Å². The molecule has 1 aromatic carbocycles. The maximum Gasteiger partial charge on any atom is 0.253 e. The number of aromatic nitrogens is 3. The highest BCUT2D eigenvalue weighted by molar-refractivity contribution is 6.06. The molecule has 5 heteroatoms. The summed E-state index contributed by atoms with van der Waals surface area (Å²) in [6.07, 6.45) is 6.31. The number of nitrogens with zero attached hydrogens (tertiary/aromatic N) is 2. The van der Waals surface area contributed by atoms with Crippen LogP contribution < -0.4 is 5.32 Å². The molecule has 5 nitrogen and oxygen atoms in total. The lowest BCUT2D eigenvalue weighted by Crippen LogP contribution is -2.25. The zero-order chi connectivity index (χ0) is 13.9. The van der Waals surface area contributed by atoms with Crippen molar-refractivity contribution < 1.29 is 4.79 Å². The van der Waals surface area contributed by atoms with Gasteiger partial charge in [-0.25, -0.2) is 0 Å². The summed E-state index contributed by atoms with van der Waals surface area (Å²) in [5.41, 5.74) is 2.78.